The fraction of sp³-hybridized carbons (Fsp3) is 0.800. The van der Waals surface area contributed by atoms with E-state index in [4.69, 9.17) is 15.9 Å². The van der Waals surface area contributed by atoms with Crippen molar-refractivity contribution >= 4 is 5.96 Å². The number of guanidine groups is 1. The van der Waals surface area contributed by atoms with E-state index in [2.05, 4.69) is 21.5 Å². The molecule has 1 aliphatic heterocycles. The van der Waals surface area contributed by atoms with Gasteiger partial charge in [-0.1, -0.05) is 5.92 Å². The average Bonchev–Trinajstić information content (AvgIpc) is 2.49. The van der Waals surface area contributed by atoms with Crippen LogP contribution in [0, 0.1) is 18.3 Å². The highest BCUT2D eigenvalue weighted by Gasteiger charge is 2.13. The minimum Gasteiger partial charge on any atom is -0.381 e. The van der Waals surface area contributed by atoms with Crippen molar-refractivity contribution in [3.05, 3.63) is 0 Å². The van der Waals surface area contributed by atoms with Crippen LogP contribution >= 0.6 is 0 Å². The molecule has 1 rings (SSSR count). The van der Waals surface area contributed by atoms with E-state index >= 15 is 0 Å². The Balaban J connectivity index is 2.04. The van der Waals surface area contributed by atoms with Gasteiger partial charge in [-0.25, -0.2) is 0 Å². The number of terminal acetylenes is 1. The predicted molar refractivity (Wildman–Crippen MR) is 81.8 cm³/mol. The smallest absolute Gasteiger partial charge is 0.192 e. The van der Waals surface area contributed by atoms with Crippen LogP contribution < -0.4 is 10.6 Å². The van der Waals surface area contributed by atoms with Gasteiger partial charge < -0.3 is 20.1 Å². The number of nitrogens with one attached hydrogen (secondary N) is 2. The molecule has 0 amide bonds. The van der Waals surface area contributed by atoms with Gasteiger partial charge in [0.15, 0.2) is 5.96 Å². The quantitative estimate of drug-likeness (QED) is 0.302. The van der Waals surface area contributed by atoms with E-state index in [1.807, 2.05) is 6.92 Å². The Labute approximate surface area is 122 Å². The first-order valence-electron chi connectivity index (χ1n) is 7.48. The summed E-state index contributed by atoms with van der Waals surface area (Å²) < 4.78 is 11.0. The van der Waals surface area contributed by atoms with Crippen molar-refractivity contribution in [2.24, 2.45) is 10.9 Å². The molecule has 5 heteroatoms. The second-order valence-electron chi connectivity index (χ2n) is 4.80. The third-order valence-corrected chi connectivity index (χ3v) is 3.11. The fourth-order valence-corrected chi connectivity index (χ4v) is 2.00. The standard InChI is InChI=1S/C15H27N3O2/c1-3-8-17-15(16-4-2)18-9-5-10-20-13-14-6-11-19-12-7-14/h1,14H,4-13H2,2H3,(H2,16,17,18). The lowest BCUT2D eigenvalue weighted by atomic mass is 10.0. The Morgan fingerprint density at radius 1 is 1.40 bits per heavy atom. The third kappa shape index (κ3) is 8.03. The van der Waals surface area contributed by atoms with Crippen molar-refractivity contribution in [1.82, 2.24) is 10.6 Å². The van der Waals surface area contributed by atoms with Gasteiger partial charge in [0.1, 0.15) is 0 Å². The predicted octanol–water partition coefficient (Wildman–Crippen LogP) is 1.01. The molecule has 0 aromatic carbocycles. The van der Waals surface area contributed by atoms with Crippen molar-refractivity contribution < 1.29 is 9.47 Å². The highest BCUT2D eigenvalue weighted by atomic mass is 16.5. The van der Waals surface area contributed by atoms with Gasteiger partial charge >= 0.3 is 0 Å². The van der Waals surface area contributed by atoms with Crippen LogP contribution in [0.3, 0.4) is 0 Å². The lowest BCUT2D eigenvalue weighted by Gasteiger charge is -2.21. The van der Waals surface area contributed by atoms with Crippen LogP contribution in [0.1, 0.15) is 26.2 Å². The summed E-state index contributed by atoms with van der Waals surface area (Å²) in [4.78, 5) is 4.43. The van der Waals surface area contributed by atoms with Gasteiger partial charge in [0.2, 0.25) is 0 Å². The summed E-state index contributed by atoms with van der Waals surface area (Å²) in [6, 6.07) is 0. The van der Waals surface area contributed by atoms with Gasteiger partial charge in [0, 0.05) is 39.5 Å². The molecule has 5 nitrogen and oxygen atoms in total. The van der Waals surface area contributed by atoms with Gasteiger partial charge in [0.05, 0.1) is 6.54 Å². The summed E-state index contributed by atoms with van der Waals surface area (Å²) >= 11 is 0. The van der Waals surface area contributed by atoms with E-state index in [-0.39, 0.29) is 0 Å². The summed E-state index contributed by atoms with van der Waals surface area (Å²) in [5, 5.41) is 6.21. The normalized spacial score (nSPS) is 16.7. The summed E-state index contributed by atoms with van der Waals surface area (Å²) in [5.41, 5.74) is 0. The second kappa shape index (κ2) is 11.6. The number of hydrogen-bond donors (Lipinski definition) is 2. The zero-order valence-corrected chi connectivity index (χ0v) is 12.5. The summed E-state index contributed by atoms with van der Waals surface area (Å²) in [5.74, 6) is 3.98. The van der Waals surface area contributed by atoms with E-state index in [9.17, 15) is 0 Å². The Morgan fingerprint density at radius 3 is 2.90 bits per heavy atom. The molecule has 0 radical (unpaired) electrons. The average molecular weight is 281 g/mol. The summed E-state index contributed by atoms with van der Waals surface area (Å²) in [7, 11) is 0. The van der Waals surface area contributed by atoms with Crippen LogP contribution in [0.15, 0.2) is 4.99 Å². The van der Waals surface area contributed by atoms with E-state index in [0.29, 0.717) is 12.5 Å². The first kappa shape index (κ1) is 16.8. The molecule has 2 N–H and O–H groups in total. The Bertz CT molecular complexity index is 307. The van der Waals surface area contributed by atoms with E-state index < -0.39 is 0 Å². The minimum absolute atomic E-state index is 0.492. The van der Waals surface area contributed by atoms with Gasteiger partial charge in [-0.05, 0) is 32.1 Å². The Morgan fingerprint density at radius 2 is 2.20 bits per heavy atom. The van der Waals surface area contributed by atoms with Gasteiger partial charge in [-0.15, -0.1) is 6.42 Å². The molecule has 0 aromatic rings. The largest absolute Gasteiger partial charge is 0.381 e. The summed E-state index contributed by atoms with van der Waals surface area (Å²) in [6.07, 6.45) is 8.39. The number of ether oxygens (including phenoxy) is 2. The number of hydrogen-bond acceptors (Lipinski definition) is 3. The zero-order chi connectivity index (χ0) is 14.5. The molecule has 0 saturated carbocycles. The number of rotatable bonds is 8. The highest BCUT2D eigenvalue weighted by Crippen LogP contribution is 2.14. The number of aliphatic imine (C=N–C) groups is 1. The molecule has 0 aromatic heterocycles. The molecule has 0 bridgehead atoms. The third-order valence-electron chi connectivity index (χ3n) is 3.11. The molecule has 0 atom stereocenters. The Kier molecular flexibility index (Phi) is 9.72. The zero-order valence-electron chi connectivity index (χ0n) is 12.5. The maximum absolute atomic E-state index is 5.70. The van der Waals surface area contributed by atoms with Crippen molar-refractivity contribution in [3.8, 4) is 12.3 Å². The number of nitrogens with zero attached hydrogens (tertiary/aromatic N) is 1. The highest BCUT2D eigenvalue weighted by molar-refractivity contribution is 5.79. The van der Waals surface area contributed by atoms with Crippen LogP contribution in [-0.4, -0.2) is 52.0 Å². The van der Waals surface area contributed by atoms with Crippen molar-refractivity contribution in [1.29, 1.82) is 0 Å². The molecular formula is C15H27N3O2. The molecule has 0 spiro atoms. The molecule has 114 valence electrons. The van der Waals surface area contributed by atoms with Crippen LogP contribution in [0.4, 0.5) is 0 Å². The lowest BCUT2D eigenvalue weighted by Crippen LogP contribution is -2.37. The van der Waals surface area contributed by atoms with Gasteiger partial charge in [-0.2, -0.15) is 0 Å². The fourth-order valence-electron chi connectivity index (χ4n) is 2.00. The molecule has 1 saturated heterocycles. The lowest BCUT2D eigenvalue weighted by molar-refractivity contribution is 0.0205. The van der Waals surface area contributed by atoms with Crippen LogP contribution in [0.5, 0.6) is 0 Å². The van der Waals surface area contributed by atoms with Gasteiger partial charge in [0.25, 0.3) is 0 Å². The summed E-state index contributed by atoms with van der Waals surface area (Å²) in [6.45, 7) is 7.47. The molecule has 0 aliphatic carbocycles. The maximum Gasteiger partial charge on any atom is 0.192 e. The topological polar surface area (TPSA) is 54.9 Å². The molecule has 1 aliphatic rings. The molecule has 20 heavy (non-hydrogen) atoms. The first-order valence-corrected chi connectivity index (χ1v) is 7.48. The van der Waals surface area contributed by atoms with Crippen molar-refractivity contribution in [3.63, 3.8) is 0 Å². The van der Waals surface area contributed by atoms with Crippen molar-refractivity contribution in [2.75, 3.05) is 46.1 Å². The van der Waals surface area contributed by atoms with Crippen molar-refractivity contribution in [2.45, 2.75) is 26.2 Å². The minimum atomic E-state index is 0.492. The molecule has 1 fully saturated rings. The van der Waals surface area contributed by atoms with E-state index in [1.165, 1.54) is 0 Å². The van der Waals surface area contributed by atoms with Gasteiger partial charge in [-0.3, -0.25) is 4.99 Å². The molecule has 0 unspecified atom stereocenters. The van der Waals surface area contributed by atoms with E-state index in [1.54, 1.807) is 0 Å². The molecular weight excluding hydrogens is 254 g/mol. The SMILES string of the molecule is C#CCNC(=NCCCOCC1CCOCC1)NCC. The second-order valence-corrected chi connectivity index (χ2v) is 4.80. The molecule has 1 heterocycles. The first-order chi connectivity index (χ1) is 9.86. The van der Waals surface area contributed by atoms with Crippen LogP contribution in [-0.2, 0) is 9.47 Å². The van der Waals surface area contributed by atoms with E-state index in [0.717, 1.165) is 64.7 Å². The van der Waals surface area contributed by atoms with Crippen LogP contribution in [0.2, 0.25) is 0 Å². The Hall–Kier alpha value is -1.25. The monoisotopic (exact) mass is 281 g/mol. The van der Waals surface area contributed by atoms with Crippen LogP contribution in [0.25, 0.3) is 0 Å². The maximum atomic E-state index is 5.70.